The minimum atomic E-state index is -1.11. The molecule has 1 aromatic rings. The maximum absolute atomic E-state index is 10.4. The van der Waals surface area contributed by atoms with Crippen LogP contribution in [0.15, 0.2) is 24.3 Å². The zero-order chi connectivity index (χ0) is 22.9. The van der Waals surface area contributed by atoms with Gasteiger partial charge >= 0.3 is 23.9 Å². The van der Waals surface area contributed by atoms with Gasteiger partial charge in [0.2, 0.25) is 0 Å². The van der Waals surface area contributed by atoms with Crippen molar-refractivity contribution in [3.05, 3.63) is 49.2 Å². The molecule has 5 heteroatoms. The predicted octanol–water partition coefficient (Wildman–Crippen LogP) is 4.57. The van der Waals surface area contributed by atoms with E-state index in [0.717, 1.165) is 44.1 Å². The maximum atomic E-state index is 10.4. The summed E-state index contributed by atoms with van der Waals surface area (Å²) in [6.45, 7) is 15.6. The van der Waals surface area contributed by atoms with Crippen LogP contribution in [0.2, 0.25) is 0 Å². The number of benzene rings is 1. The van der Waals surface area contributed by atoms with Crippen LogP contribution in [0.5, 0.6) is 0 Å². The fraction of sp³-hybridized carbons (Fsp3) is 0.600. The molecule has 0 heterocycles. The van der Waals surface area contributed by atoms with Gasteiger partial charge in [-0.15, -0.1) is 0 Å². The van der Waals surface area contributed by atoms with E-state index < -0.39 is 11.9 Å². The molecule has 0 spiro atoms. The average molecular weight is 525 g/mol. The summed E-state index contributed by atoms with van der Waals surface area (Å²) in [6, 6.07) is 6.79. The van der Waals surface area contributed by atoms with E-state index in [1.165, 1.54) is 31.7 Å². The standard InChI is InChI=1S/C9H10O2.C8H16O2.2C4H9.Sn/c1-2-7-4-3-5-8(6-7)9(10)11;1-2-3-4-5-6-7-8(9)10;2*1-3-4-2;/h3-6H,2H2,1H3,(H,10,11);2-7H2,1H3,(H,9,10);2*1,3-4H2,2H3;/q;;;;+2/p-2. The summed E-state index contributed by atoms with van der Waals surface area (Å²) in [7, 11) is 0. The normalized spacial score (nSPS) is 8.73. The molecule has 170 valence electrons. The molecule has 0 aliphatic carbocycles. The van der Waals surface area contributed by atoms with Gasteiger partial charge in [-0.3, -0.25) is 0 Å². The molecule has 0 aromatic heterocycles. The minimum Gasteiger partial charge on any atom is -0.550 e. The van der Waals surface area contributed by atoms with Crippen LogP contribution in [-0.4, -0.2) is 35.8 Å². The molecule has 1 rings (SSSR count). The third kappa shape index (κ3) is 31.6. The zero-order valence-corrected chi connectivity index (χ0v) is 22.5. The van der Waals surface area contributed by atoms with Gasteiger partial charge in [-0.1, -0.05) is 111 Å². The molecule has 0 saturated carbocycles. The van der Waals surface area contributed by atoms with Crippen molar-refractivity contribution in [2.75, 3.05) is 0 Å². The van der Waals surface area contributed by atoms with Crippen molar-refractivity contribution >= 4 is 35.8 Å². The summed E-state index contributed by atoms with van der Waals surface area (Å²) in [5.74, 6) is -2.03. The number of carbonyl (C=O) groups excluding carboxylic acids is 2. The zero-order valence-electron chi connectivity index (χ0n) is 19.6. The fourth-order valence-corrected chi connectivity index (χ4v) is 1.79. The van der Waals surface area contributed by atoms with Gasteiger partial charge < -0.3 is 19.8 Å². The third-order valence-corrected chi connectivity index (χ3v) is 3.76. The summed E-state index contributed by atoms with van der Waals surface area (Å²) in [4.78, 5) is 20.3. The molecule has 0 amide bonds. The number of carbonyl (C=O) groups is 2. The van der Waals surface area contributed by atoms with Crippen molar-refractivity contribution in [3.8, 4) is 0 Å². The van der Waals surface area contributed by atoms with Crippen LogP contribution in [0.25, 0.3) is 0 Å². The van der Waals surface area contributed by atoms with Gasteiger partial charge in [0.25, 0.3) is 0 Å². The number of carboxylic acid groups (broad SMARTS) is 2. The van der Waals surface area contributed by atoms with Crippen molar-refractivity contribution in [1.82, 2.24) is 0 Å². The van der Waals surface area contributed by atoms with E-state index in [1.54, 1.807) is 12.1 Å². The molecule has 30 heavy (non-hydrogen) atoms. The van der Waals surface area contributed by atoms with Crippen LogP contribution in [0, 0.1) is 13.8 Å². The summed E-state index contributed by atoms with van der Waals surface area (Å²) in [6.07, 6.45) is 11.0. The molecule has 0 bridgehead atoms. The Kier molecular flexibility index (Phi) is 36.5. The number of hydrogen-bond acceptors (Lipinski definition) is 4. The third-order valence-electron chi connectivity index (χ3n) is 3.76. The molecule has 0 atom stereocenters. The van der Waals surface area contributed by atoms with E-state index in [-0.39, 0.29) is 35.9 Å². The number of carboxylic acids is 2. The Morgan fingerprint density at radius 1 is 0.833 bits per heavy atom. The number of aliphatic carboxylic acids is 1. The first-order valence-corrected chi connectivity index (χ1v) is 10.9. The van der Waals surface area contributed by atoms with Crippen molar-refractivity contribution in [2.45, 2.75) is 98.3 Å². The van der Waals surface area contributed by atoms with Crippen molar-refractivity contribution in [1.29, 1.82) is 0 Å². The second kappa shape index (κ2) is 30.2. The molecule has 4 radical (unpaired) electrons. The number of unbranched alkanes of at least 4 members (excludes halogenated alkanes) is 6. The van der Waals surface area contributed by atoms with Crippen molar-refractivity contribution < 1.29 is 19.8 Å². The molecule has 1 aromatic carbocycles. The van der Waals surface area contributed by atoms with Crippen LogP contribution in [0.1, 0.15) is 108 Å². The Bertz CT molecular complexity index is 482. The second-order valence-electron chi connectivity index (χ2n) is 6.58. The first-order chi connectivity index (χ1) is 13.8. The smallest absolute Gasteiger partial charge is 0.550 e. The van der Waals surface area contributed by atoms with Gasteiger partial charge in [-0.05, 0) is 36.5 Å². The fourth-order valence-electron chi connectivity index (χ4n) is 1.79. The Labute approximate surface area is 202 Å². The van der Waals surface area contributed by atoms with Gasteiger partial charge in [-0.25, -0.2) is 0 Å². The quantitative estimate of drug-likeness (QED) is 0.331. The number of aromatic carboxylic acids is 1. The van der Waals surface area contributed by atoms with E-state index in [2.05, 4.69) is 34.6 Å². The molecule has 0 fully saturated rings. The largest absolute Gasteiger partial charge is 2.00 e. The Balaban J connectivity index is -0.000000164. The van der Waals surface area contributed by atoms with Crippen molar-refractivity contribution in [3.63, 3.8) is 0 Å². The van der Waals surface area contributed by atoms with Gasteiger partial charge in [0.05, 0.1) is 5.97 Å². The Morgan fingerprint density at radius 3 is 1.70 bits per heavy atom. The Hall–Kier alpha value is -1.04. The summed E-state index contributed by atoms with van der Waals surface area (Å²) in [5.41, 5.74) is 1.27. The van der Waals surface area contributed by atoms with Crippen LogP contribution >= 0.6 is 0 Å². The molecule has 0 aliphatic rings. The predicted molar refractivity (Wildman–Crippen MR) is 125 cm³/mol. The van der Waals surface area contributed by atoms with E-state index in [4.69, 9.17) is 0 Å². The van der Waals surface area contributed by atoms with E-state index >= 15 is 0 Å². The average Bonchev–Trinajstić information content (AvgIpc) is 2.74. The van der Waals surface area contributed by atoms with Gasteiger partial charge in [0.1, 0.15) is 0 Å². The molecule has 0 N–H and O–H groups in total. The van der Waals surface area contributed by atoms with Crippen LogP contribution in [0.3, 0.4) is 0 Å². The first kappa shape index (κ1) is 36.3. The van der Waals surface area contributed by atoms with E-state index in [1.807, 2.05) is 13.0 Å². The summed E-state index contributed by atoms with van der Waals surface area (Å²) in [5, 5.41) is 20.3. The Morgan fingerprint density at radius 2 is 1.33 bits per heavy atom. The van der Waals surface area contributed by atoms with Crippen LogP contribution in [-0.2, 0) is 11.2 Å². The SMILES string of the molecule is CCCCCCCC(=O)[O-].CCc1cccc(C(=O)[O-])c1.[CH2]CCC.[CH2]CCC.[Sn+2]. The summed E-state index contributed by atoms with van der Waals surface area (Å²) < 4.78 is 0. The topological polar surface area (TPSA) is 80.3 Å². The molecule has 4 nitrogen and oxygen atoms in total. The minimum absolute atomic E-state index is 0. The van der Waals surface area contributed by atoms with E-state index in [9.17, 15) is 19.8 Å². The molecule has 0 unspecified atom stereocenters. The maximum Gasteiger partial charge on any atom is 2.00 e. The van der Waals surface area contributed by atoms with Crippen LogP contribution in [0.4, 0.5) is 0 Å². The van der Waals surface area contributed by atoms with Gasteiger partial charge in [0, 0.05) is 5.97 Å². The number of rotatable bonds is 10. The molecular weight excluding hydrogens is 483 g/mol. The van der Waals surface area contributed by atoms with Gasteiger partial charge in [-0.2, -0.15) is 0 Å². The van der Waals surface area contributed by atoms with Crippen molar-refractivity contribution in [2.24, 2.45) is 0 Å². The van der Waals surface area contributed by atoms with E-state index in [0.29, 0.717) is 0 Å². The number of hydrogen-bond donors (Lipinski definition) is 0. The first-order valence-electron chi connectivity index (χ1n) is 10.9. The molecule has 0 aliphatic heterocycles. The molecular formula is C25H42O4Sn. The molecule has 0 saturated heterocycles. The summed E-state index contributed by atoms with van der Waals surface area (Å²) >= 11 is 0. The van der Waals surface area contributed by atoms with Crippen LogP contribution < -0.4 is 10.2 Å². The number of aryl methyl sites for hydroxylation is 1. The van der Waals surface area contributed by atoms with Gasteiger partial charge in [0.15, 0.2) is 0 Å². The monoisotopic (exact) mass is 526 g/mol. The second-order valence-corrected chi connectivity index (χ2v) is 6.58.